The van der Waals surface area contributed by atoms with Gasteiger partial charge >= 0.3 is 0 Å². The molecule has 0 aliphatic carbocycles. The molecule has 1 heterocycles. The van der Waals surface area contributed by atoms with E-state index in [1.165, 1.54) is 24.3 Å². The molecule has 1 fully saturated rings. The van der Waals surface area contributed by atoms with E-state index < -0.39 is 0 Å². The molecule has 2 N–H and O–H groups in total. The van der Waals surface area contributed by atoms with Crippen molar-refractivity contribution in [2.75, 3.05) is 32.7 Å². The second kappa shape index (κ2) is 5.79. The van der Waals surface area contributed by atoms with E-state index in [1.54, 1.807) is 4.90 Å². The number of carbonyl (C=O) groups is 2. The lowest BCUT2D eigenvalue weighted by atomic mass is 10.2. The van der Waals surface area contributed by atoms with Crippen molar-refractivity contribution in [3.63, 3.8) is 0 Å². The molecule has 1 saturated heterocycles. The van der Waals surface area contributed by atoms with Crippen molar-refractivity contribution in [1.29, 1.82) is 0 Å². The Morgan fingerprint density at radius 2 is 1.68 bits per heavy atom. The number of primary amides is 1. The molecular weight excluding hydrogens is 249 g/mol. The Kier molecular flexibility index (Phi) is 4.11. The van der Waals surface area contributed by atoms with Gasteiger partial charge in [-0.1, -0.05) is 0 Å². The highest BCUT2D eigenvalue weighted by Crippen LogP contribution is 2.09. The van der Waals surface area contributed by atoms with Crippen molar-refractivity contribution < 1.29 is 14.0 Å². The zero-order valence-electron chi connectivity index (χ0n) is 10.5. The molecule has 0 radical (unpaired) electrons. The van der Waals surface area contributed by atoms with E-state index in [1.807, 2.05) is 4.90 Å². The highest BCUT2D eigenvalue weighted by molar-refractivity contribution is 5.94. The van der Waals surface area contributed by atoms with Crippen LogP contribution in [0.3, 0.4) is 0 Å². The van der Waals surface area contributed by atoms with Crippen molar-refractivity contribution in [2.24, 2.45) is 5.73 Å². The monoisotopic (exact) mass is 265 g/mol. The van der Waals surface area contributed by atoms with Crippen molar-refractivity contribution in [2.45, 2.75) is 0 Å². The quantitative estimate of drug-likeness (QED) is 0.841. The van der Waals surface area contributed by atoms with Gasteiger partial charge in [0.05, 0.1) is 6.54 Å². The van der Waals surface area contributed by atoms with Crippen LogP contribution in [0.2, 0.25) is 0 Å². The predicted molar refractivity (Wildman–Crippen MR) is 67.9 cm³/mol. The van der Waals surface area contributed by atoms with Crippen molar-refractivity contribution in [1.82, 2.24) is 9.80 Å². The number of amides is 2. The molecule has 102 valence electrons. The van der Waals surface area contributed by atoms with Gasteiger partial charge in [-0.25, -0.2) is 4.39 Å². The summed E-state index contributed by atoms with van der Waals surface area (Å²) in [5.41, 5.74) is 5.60. The largest absolute Gasteiger partial charge is 0.369 e. The van der Waals surface area contributed by atoms with Crippen LogP contribution in [0.15, 0.2) is 24.3 Å². The normalized spacial score (nSPS) is 16.4. The molecule has 5 nitrogen and oxygen atoms in total. The van der Waals surface area contributed by atoms with Crippen LogP contribution in [0, 0.1) is 5.82 Å². The minimum atomic E-state index is -0.363. The summed E-state index contributed by atoms with van der Waals surface area (Å²) in [4.78, 5) is 26.5. The van der Waals surface area contributed by atoms with Gasteiger partial charge in [-0.3, -0.25) is 14.5 Å². The number of piperazine rings is 1. The number of nitrogens with two attached hydrogens (primary N) is 1. The highest BCUT2D eigenvalue weighted by atomic mass is 19.1. The van der Waals surface area contributed by atoms with Gasteiger partial charge in [-0.2, -0.15) is 0 Å². The minimum absolute atomic E-state index is 0.112. The Morgan fingerprint density at radius 1 is 1.11 bits per heavy atom. The maximum atomic E-state index is 12.8. The first-order valence-corrected chi connectivity index (χ1v) is 6.12. The number of carbonyl (C=O) groups excluding carboxylic acids is 2. The van der Waals surface area contributed by atoms with E-state index in [0.717, 1.165) is 0 Å². The molecule has 0 bridgehead atoms. The van der Waals surface area contributed by atoms with Crippen LogP contribution in [0.4, 0.5) is 4.39 Å². The Morgan fingerprint density at radius 3 is 2.21 bits per heavy atom. The fraction of sp³-hybridized carbons (Fsp3) is 0.385. The first-order chi connectivity index (χ1) is 9.06. The summed E-state index contributed by atoms with van der Waals surface area (Å²) in [6.07, 6.45) is 0. The van der Waals surface area contributed by atoms with Crippen LogP contribution in [-0.4, -0.2) is 54.3 Å². The summed E-state index contributed by atoms with van der Waals surface area (Å²) in [6, 6.07) is 5.51. The Hall–Kier alpha value is -1.95. The maximum absolute atomic E-state index is 12.8. The summed E-state index contributed by atoms with van der Waals surface area (Å²) in [6.45, 7) is 2.55. The van der Waals surface area contributed by atoms with Crippen LogP contribution in [0.5, 0.6) is 0 Å². The van der Waals surface area contributed by atoms with Gasteiger partial charge in [0.15, 0.2) is 0 Å². The fourth-order valence-corrected chi connectivity index (χ4v) is 2.10. The molecule has 19 heavy (non-hydrogen) atoms. The van der Waals surface area contributed by atoms with E-state index in [4.69, 9.17) is 5.73 Å². The smallest absolute Gasteiger partial charge is 0.253 e. The van der Waals surface area contributed by atoms with Gasteiger partial charge in [0.2, 0.25) is 5.91 Å². The molecule has 1 aliphatic heterocycles. The Bertz CT molecular complexity index is 467. The number of rotatable bonds is 3. The molecule has 0 atom stereocenters. The summed E-state index contributed by atoms with van der Waals surface area (Å²) in [5, 5.41) is 0. The molecule has 2 rings (SSSR count). The molecule has 2 amide bonds. The zero-order chi connectivity index (χ0) is 13.8. The first-order valence-electron chi connectivity index (χ1n) is 6.12. The van der Waals surface area contributed by atoms with Crippen LogP contribution in [0.1, 0.15) is 10.4 Å². The van der Waals surface area contributed by atoms with Crippen LogP contribution in [-0.2, 0) is 4.79 Å². The Balaban J connectivity index is 1.92. The van der Waals surface area contributed by atoms with Gasteiger partial charge in [0.1, 0.15) is 5.82 Å². The second-order valence-corrected chi connectivity index (χ2v) is 4.54. The second-order valence-electron chi connectivity index (χ2n) is 4.54. The van der Waals surface area contributed by atoms with E-state index in [9.17, 15) is 14.0 Å². The van der Waals surface area contributed by atoms with E-state index >= 15 is 0 Å². The SMILES string of the molecule is NC(=O)CN1CCN(C(=O)c2ccc(F)cc2)CC1. The van der Waals surface area contributed by atoms with Crippen molar-refractivity contribution >= 4 is 11.8 Å². The first kappa shape index (κ1) is 13.5. The van der Waals surface area contributed by atoms with Gasteiger partial charge in [-0.05, 0) is 24.3 Å². The van der Waals surface area contributed by atoms with Gasteiger partial charge in [0, 0.05) is 31.7 Å². The number of hydrogen-bond acceptors (Lipinski definition) is 3. The molecule has 1 aromatic rings. The molecule has 0 aromatic heterocycles. The molecule has 0 unspecified atom stereocenters. The van der Waals surface area contributed by atoms with Crippen molar-refractivity contribution in [3.8, 4) is 0 Å². The van der Waals surface area contributed by atoms with E-state index in [0.29, 0.717) is 31.7 Å². The predicted octanol–water partition coefficient (Wildman–Crippen LogP) is 0.0688. The molecule has 6 heteroatoms. The fourth-order valence-electron chi connectivity index (χ4n) is 2.10. The number of hydrogen-bond donors (Lipinski definition) is 1. The molecular formula is C13H16FN3O2. The summed E-state index contributed by atoms with van der Waals surface area (Å²) in [5.74, 6) is -0.833. The topological polar surface area (TPSA) is 66.6 Å². The molecule has 0 saturated carbocycles. The zero-order valence-corrected chi connectivity index (χ0v) is 10.5. The lowest BCUT2D eigenvalue weighted by molar-refractivity contribution is -0.119. The summed E-state index contributed by atoms with van der Waals surface area (Å²) in [7, 11) is 0. The average Bonchev–Trinajstić information content (AvgIpc) is 2.39. The van der Waals surface area contributed by atoms with Crippen LogP contribution in [0.25, 0.3) is 0 Å². The number of benzene rings is 1. The standard InChI is InChI=1S/C13H16FN3O2/c14-11-3-1-10(2-4-11)13(19)17-7-5-16(6-8-17)9-12(15)18/h1-4H,5-9H2,(H2,15,18). The van der Waals surface area contributed by atoms with Gasteiger partial charge in [0.25, 0.3) is 5.91 Å². The van der Waals surface area contributed by atoms with Gasteiger partial charge < -0.3 is 10.6 Å². The lowest BCUT2D eigenvalue weighted by Gasteiger charge is -2.34. The van der Waals surface area contributed by atoms with Gasteiger partial charge in [-0.15, -0.1) is 0 Å². The molecule has 1 aromatic carbocycles. The summed E-state index contributed by atoms with van der Waals surface area (Å²) >= 11 is 0. The molecule has 0 spiro atoms. The van der Waals surface area contributed by atoms with E-state index in [2.05, 4.69) is 0 Å². The molecule has 1 aliphatic rings. The maximum Gasteiger partial charge on any atom is 0.253 e. The van der Waals surface area contributed by atoms with E-state index in [-0.39, 0.29) is 24.2 Å². The van der Waals surface area contributed by atoms with Crippen LogP contribution >= 0.6 is 0 Å². The third kappa shape index (κ3) is 3.51. The Labute approximate surface area is 110 Å². The van der Waals surface area contributed by atoms with Crippen molar-refractivity contribution in [3.05, 3.63) is 35.6 Å². The minimum Gasteiger partial charge on any atom is -0.369 e. The average molecular weight is 265 g/mol. The number of halogens is 1. The lowest BCUT2D eigenvalue weighted by Crippen LogP contribution is -2.50. The highest BCUT2D eigenvalue weighted by Gasteiger charge is 2.22. The van der Waals surface area contributed by atoms with Crippen LogP contribution < -0.4 is 5.73 Å². The summed E-state index contributed by atoms with van der Waals surface area (Å²) < 4.78 is 12.8. The third-order valence-electron chi connectivity index (χ3n) is 3.13. The number of nitrogens with zero attached hydrogens (tertiary/aromatic N) is 2. The third-order valence-corrected chi connectivity index (χ3v) is 3.13.